The largest absolute Gasteiger partial charge is 0.478 e. The van der Waals surface area contributed by atoms with Crippen LogP contribution in [0.2, 0.25) is 0 Å². The Bertz CT molecular complexity index is 912. The summed E-state index contributed by atoms with van der Waals surface area (Å²) in [6.45, 7) is 7.27. The molecule has 0 aromatic heterocycles. The predicted molar refractivity (Wildman–Crippen MR) is 102 cm³/mol. The number of carboxylic acids is 1. The van der Waals surface area contributed by atoms with E-state index in [0.717, 1.165) is 0 Å². The summed E-state index contributed by atoms with van der Waals surface area (Å²) in [6, 6.07) is 3.69. The van der Waals surface area contributed by atoms with Gasteiger partial charge in [-0.1, -0.05) is 19.9 Å². The van der Waals surface area contributed by atoms with Gasteiger partial charge >= 0.3 is 11.9 Å². The summed E-state index contributed by atoms with van der Waals surface area (Å²) in [4.78, 5) is 26.5. The number of hydrogen-bond donors (Lipinski definition) is 1. The van der Waals surface area contributed by atoms with Crippen molar-refractivity contribution in [3.8, 4) is 12.1 Å². The van der Waals surface area contributed by atoms with Crippen molar-refractivity contribution >= 4 is 11.9 Å². The van der Waals surface area contributed by atoms with Crippen LogP contribution in [-0.4, -0.2) is 40.3 Å². The molecule has 0 radical (unpaired) electrons. The van der Waals surface area contributed by atoms with Crippen LogP contribution in [0.25, 0.3) is 0 Å². The summed E-state index contributed by atoms with van der Waals surface area (Å²) < 4.78 is 11.1. The molecule has 1 unspecified atom stereocenters. The second kappa shape index (κ2) is 8.76. The van der Waals surface area contributed by atoms with Gasteiger partial charge in [0.1, 0.15) is 29.0 Å². The van der Waals surface area contributed by atoms with Crippen molar-refractivity contribution in [3.63, 3.8) is 0 Å². The Morgan fingerprint density at radius 1 is 1.21 bits per heavy atom. The fraction of sp³-hybridized carbons (Fsp3) is 0.429. The average Bonchev–Trinajstić information content (AvgIpc) is 2.65. The molecule has 2 heterocycles. The van der Waals surface area contributed by atoms with Crippen LogP contribution in [0.5, 0.6) is 0 Å². The number of aliphatic carboxylic acids is 1. The van der Waals surface area contributed by atoms with E-state index in [1.54, 1.807) is 26.0 Å². The van der Waals surface area contributed by atoms with Gasteiger partial charge in [-0.05, 0) is 38.3 Å². The molecule has 0 aromatic rings. The van der Waals surface area contributed by atoms with Crippen molar-refractivity contribution < 1.29 is 24.2 Å². The number of carboxylic acid groups (broad SMARTS) is 1. The Labute approximate surface area is 169 Å². The van der Waals surface area contributed by atoms with Crippen molar-refractivity contribution in [2.24, 2.45) is 5.92 Å². The number of carbonyl (C=O) groups excluding carboxylic acids is 1. The molecule has 0 fully saturated rings. The van der Waals surface area contributed by atoms with Gasteiger partial charge in [-0.2, -0.15) is 10.5 Å². The fourth-order valence-corrected chi connectivity index (χ4v) is 3.11. The number of nitriles is 2. The molecule has 0 saturated heterocycles. The summed E-state index contributed by atoms with van der Waals surface area (Å²) in [5.74, 6) is -2.10. The summed E-state index contributed by atoms with van der Waals surface area (Å²) in [5, 5.41) is 29.6. The van der Waals surface area contributed by atoms with Crippen LogP contribution >= 0.6 is 0 Å². The minimum atomic E-state index is -2.29. The third-order valence-corrected chi connectivity index (χ3v) is 4.32. The minimum Gasteiger partial charge on any atom is -0.478 e. The number of fused-ring (bicyclic) bond motifs is 1. The zero-order valence-electron chi connectivity index (χ0n) is 16.8. The van der Waals surface area contributed by atoms with Crippen LogP contribution in [0.4, 0.5) is 0 Å². The van der Waals surface area contributed by atoms with E-state index in [9.17, 15) is 25.2 Å². The molecule has 0 amide bonds. The Morgan fingerprint density at radius 2 is 1.90 bits per heavy atom. The molecule has 2 rings (SSSR count). The Hall–Kier alpha value is -3.36. The molecule has 0 aliphatic carbocycles. The van der Waals surface area contributed by atoms with Crippen LogP contribution < -0.4 is 0 Å². The lowest BCUT2D eigenvalue weighted by Gasteiger charge is -2.39. The second-order valence-electron chi connectivity index (χ2n) is 7.25. The van der Waals surface area contributed by atoms with Gasteiger partial charge < -0.3 is 19.5 Å². The molecule has 152 valence electrons. The first-order chi connectivity index (χ1) is 13.7. The van der Waals surface area contributed by atoms with E-state index in [1.165, 1.54) is 17.2 Å². The van der Waals surface area contributed by atoms with Crippen LogP contribution in [0.15, 0.2) is 47.0 Å². The standard InChI is InChI=1S/C21H23N3O5/c1-13(2)8-10-28-20(27)18-15-7-5-6-9-24(15)16(11-22)17(19(25)26)21(18,12-23)29-14(3)4/h5-7,9,13-14H,8,10H2,1-4H3,(H,25,26). The Balaban J connectivity index is 2.75. The molecule has 2 aliphatic heterocycles. The lowest BCUT2D eigenvalue weighted by Crippen LogP contribution is -2.50. The Morgan fingerprint density at radius 3 is 2.41 bits per heavy atom. The molecular weight excluding hydrogens is 374 g/mol. The van der Waals surface area contributed by atoms with Crippen molar-refractivity contribution in [1.29, 1.82) is 10.5 Å². The van der Waals surface area contributed by atoms with E-state index in [0.29, 0.717) is 6.42 Å². The quantitative estimate of drug-likeness (QED) is 0.650. The van der Waals surface area contributed by atoms with Gasteiger partial charge in [0.05, 0.1) is 18.4 Å². The number of nitrogens with zero attached hydrogens (tertiary/aromatic N) is 3. The molecule has 2 aliphatic rings. The summed E-state index contributed by atoms with van der Waals surface area (Å²) >= 11 is 0. The van der Waals surface area contributed by atoms with Crippen LogP contribution in [-0.2, 0) is 19.1 Å². The predicted octanol–water partition coefficient (Wildman–Crippen LogP) is 2.78. The highest BCUT2D eigenvalue weighted by atomic mass is 16.5. The highest BCUT2D eigenvalue weighted by Crippen LogP contribution is 2.43. The third-order valence-electron chi connectivity index (χ3n) is 4.32. The zero-order valence-corrected chi connectivity index (χ0v) is 16.8. The third kappa shape index (κ3) is 4.08. The van der Waals surface area contributed by atoms with Crippen LogP contribution in [0.3, 0.4) is 0 Å². The maximum atomic E-state index is 13.1. The molecule has 0 spiro atoms. The molecule has 1 atom stereocenters. The van der Waals surface area contributed by atoms with Gasteiger partial charge in [-0.15, -0.1) is 0 Å². The Kier molecular flexibility index (Phi) is 6.63. The van der Waals surface area contributed by atoms with Gasteiger partial charge in [0.15, 0.2) is 0 Å². The van der Waals surface area contributed by atoms with E-state index in [-0.39, 0.29) is 29.5 Å². The number of esters is 1. The number of rotatable bonds is 7. The van der Waals surface area contributed by atoms with E-state index < -0.39 is 29.2 Å². The van der Waals surface area contributed by atoms with Gasteiger partial charge in [-0.25, -0.2) is 9.59 Å². The van der Waals surface area contributed by atoms with Crippen molar-refractivity contribution in [3.05, 3.63) is 47.0 Å². The van der Waals surface area contributed by atoms with Gasteiger partial charge in [0.25, 0.3) is 0 Å². The lowest BCUT2D eigenvalue weighted by atomic mass is 9.80. The summed E-state index contributed by atoms with van der Waals surface area (Å²) in [7, 11) is 0. The first-order valence-electron chi connectivity index (χ1n) is 9.22. The first kappa shape index (κ1) is 21.9. The van der Waals surface area contributed by atoms with E-state index in [1.807, 2.05) is 26.0 Å². The summed E-state index contributed by atoms with van der Waals surface area (Å²) in [5.41, 5.74) is -3.29. The summed E-state index contributed by atoms with van der Waals surface area (Å²) in [6.07, 6.45) is 6.16. The molecular formula is C21H23N3O5. The maximum Gasteiger partial charge on any atom is 0.340 e. The van der Waals surface area contributed by atoms with Gasteiger partial charge in [-0.3, -0.25) is 0 Å². The van der Waals surface area contributed by atoms with E-state index >= 15 is 0 Å². The number of hydrogen-bond acceptors (Lipinski definition) is 7. The molecule has 8 heteroatoms. The molecule has 0 aromatic carbocycles. The van der Waals surface area contributed by atoms with Gasteiger partial charge in [0.2, 0.25) is 5.60 Å². The molecule has 0 saturated carbocycles. The molecule has 29 heavy (non-hydrogen) atoms. The van der Waals surface area contributed by atoms with Crippen molar-refractivity contribution in [2.45, 2.75) is 45.8 Å². The second-order valence-corrected chi connectivity index (χ2v) is 7.25. The average molecular weight is 397 g/mol. The van der Waals surface area contributed by atoms with Gasteiger partial charge in [0, 0.05) is 6.20 Å². The number of ether oxygens (including phenoxy) is 2. The fourth-order valence-electron chi connectivity index (χ4n) is 3.11. The van der Waals surface area contributed by atoms with Crippen LogP contribution in [0, 0.1) is 28.6 Å². The topological polar surface area (TPSA) is 124 Å². The molecule has 0 bridgehead atoms. The molecule has 1 N–H and O–H groups in total. The smallest absolute Gasteiger partial charge is 0.340 e. The number of carbonyl (C=O) groups is 2. The highest BCUT2D eigenvalue weighted by molar-refractivity contribution is 6.02. The van der Waals surface area contributed by atoms with Crippen molar-refractivity contribution in [2.75, 3.05) is 6.61 Å². The maximum absolute atomic E-state index is 13.1. The minimum absolute atomic E-state index is 0.104. The van der Waals surface area contributed by atoms with Crippen LogP contribution in [0.1, 0.15) is 34.1 Å². The van der Waals surface area contributed by atoms with E-state index in [4.69, 9.17) is 9.47 Å². The highest BCUT2D eigenvalue weighted by Gasteiger charge is 2.55. The molecule has 8 nitrogen and oxygen atoms in total. The first-order valence-corrected chi connectivity index (χ1v) is 9.22. The SMILES string of the molecule is CC(C)CCOC(=O)C1=C2C=CC=CN2C(C#N)=C(C(=O)O)C1(C#N)OC(C)C. The van der Waals surface area contributed by atoms with E-state index in [2.05, 4.69) is 0 Å². The monoisotopic (exact) mass is 397 g/mol. The lowest BCUT2D eigenvalue weighted by molar-refractivity contribution is -0.143. The van der Waals surface area contributed by atoms with Crippen molar-refractivity contribution in [1.82, 2.24) is 4.90 Å². The zero-order chi connectivity index (χ0) is 21.8. The normalized spacial score (nSPS) is 20.6. The number of allylic oxidation sites excluding steroid dienone is 4.